The Hall–Kier alpha value is -1.29. The van der Waals surface area contributed by atoms with Crippen molar-refractivity contribution in [2.75, 3.05) is 11.9 Å². The maximum absolute atomic E-state index is 5.44. The van der Waals surface area contributed by atoms with Gasteiger partial charge in [-0.2, -0.15) is 0 Å². The van der Waals surface area contributed by atoms with Gasteiger partial charge in [0.05, 0.1) is 6.61 Å². The van der Waals surface area contributed by atoms with Gasteiger partial charge >= 0.3 is 0 Å². The molecule has 4 heteroatoms. The van der Waals surface area contributed by atoms with Gasteiger partial charge in [-0.1, -0.05) is 19.4 Å². The predicted octanol–water partition coefficient (Wildman–Crippen LogP) is 3.56. The van der Waals surface area contributed by atoms with E-state index in [1.807, 2.05) is 31.2 Å². The SMILES string of the molecule is CCC[C@@H](C)NC(=S)Nc1cccc(OCC)c1. The molecule has 0 fully saturated rings. The molecule has 0 heterocycles. The molecular formula is C14H22N2OS. The molecule has 1 aromatic rings. The average molecular weight is 266 g/mol. The first-order valence-electron chi connectivity index (χ1n) is 6.46. The van der Waals surface area contributed by atoms with Gasteiger partial charge in [-0.05, 0) is 44.6 Å². The molecule has 0 aliphatic carbocycles. The predicted molar refractivity (Wildman–Crippen MR) is 81.3 cm³/mol. The zero-order valence-electron chi connectivity index (χ0n) is 11.3. The number of ether oxygens (including phenoxy) is 1. The molecular weight excluding hydrogens is 244 g/mol. The third-order valence-corrected chi connectivity index (χ3v) is 2.72. The molecule has 0 spiro atoms. The topological polar surface area (TPSA) is 33.3 Å². The van der Waals surface area contributed by atoms with E-state index in [9.17, 15) is 0 Å². The minimum Gasteiger partial charge on any atom is -0.494 e. The van der Waals surface area contributed by atoms with E-state index in [0.717, 1.165) is 24.3 Å². The van der Waals surface area contributed by atoms with Crippen molar-refractivity contribution < 1.29 is 4.74 Å². The second-order valence-corrected chi connectivity index (χ2v) is 4.66. The van der Waals surface area contributed by atoms with Crippen LogP contribution >= 0.6 is 12.2 Å². The lowest BCUT2D eigenvalue weighted by molar-refractivity contribution is 0.340. The second-order valence-electron chi connectivity index (χ2n) is 4.25. The Morgan fingerprint density at radius 1 is 1.39 bits per heavy atom. The summed E-state index contributed by atoms with van der Waals surface area (Å²) in [5.41, 5.74) is 0.946. The molecule has 100 valence electrons. The Balaban J connectivity index is 2.50. The monoisotopic (exact) mass is 266 g/mol. The molecule has 0 saturated carbocycles. The summed E-state index contributed by atoms with van der Waals surface area (Å²) in [6.07, 6.45) is 2.26. The highest BCUT2D eigenvalue weighted by Crippen LogP contribution is 2.17. The fourth-order valence-corrected chi connectivity index (χ4v) is 2.05. The van der Waals surface area contributed by atoms with Crippen molar-refractivity contribution in [2.24, 2.45) is 0 Å². The number of nitrogens with one attached hydrogen (secondary N) is 2. The van der Waals surface area contributed by atoms with Crippen molar-refractivity contribution in [1.82, 2.24) is 5.32 Å². The summed E-state index contributed by atoms with van der Waals surface area (Å²) in [7, 11) is 0. The molecule has 18 heavy (non-hydrogen) atoms. The highest BCUT2D eigenvalue weighted by atomic mass is 32.1. The van der Waals surface area contributed by atoms with E-state index < -0.39 is 0 Å². The van der Waals surface area contributed by atoms with Crippen LogP contribution < -0.4 is 15.4 Å². The summed E-state index contributed by atoms with van der Waals surface area (Å²) < 4.78 is 5.44. The molecule has 2 N–H and O–H groups in total. The van der Waals surface area contributed by atoms with Gasteiger partial charge in [0.15, 0.2) is 5.11 Å². The summed E-state index contributed by atoms with van der Waals surface area (Å²) in [6, 6.07) is 8.20. The van der Waals surface area contributed by atoms with Crippen molar-refractivity contribution in [3.05, 3.63) is 24.3 Å². The van der Waals surface area contributed by atoms with Gasteiger partial charge in [0.1, 0.15) is 5.75 Å². The van der Waals surface area contributed by atoms with Gasteiger partial charge in [0.2, 0.25) is 0 Å². The van der Waals surface area contributed by atoms with Crippen LogP contribution in [-0.4, -0.2) is 17.8 Å². The Morgan fingerprint density at radius 3 is 2.83 bits per heavy atom. The number of thiocarbonyl (C=S) groups is 1. The highest BCUT2D eigenvalue weighted by Gasteiger charge is 2.03. The summed E-state index contributed by atoms with van der Waals surface area (Å²) in [6.45, 7) is 6.94. The zero-order valence-corrected chi connectivity index (χ0v) is 12.1. The van der Waals surface area contributed by atoms with Crippen LogP contribution in [0.5, 0.6) is 5.75 Å². The second kappa shape index (κ2) is 7.93. The minimum absolute atomic E-state index is 0.394. The van der Waals surface area contributed by atoms with Gasteiger partial charge in [0.25, 0.3) is 0 Å². The van der Waals surface area contributed by atoms with Crippen molar-refractivity contribution in [1.29, 1.82) is 0 Å². The Kier molecular flexibility index (Phi) is 6.50. The summed E-state index contributed by atoms with van der Waals surface area (Å²) in [4.78, 5) is 0. The van der Waals surface area contributed by atoms with E-state index in [-0.39, 0.29) is 0 Å². The van der Waals surface area contributed by atoms with E-state index in [1.165, 1.54) is 0 Å². The maximum atomic E-state index is 5.44. The Bertz CT molecular complexity index is 382. The van der Waals surface area contributed by atoms with E-state index in [0.29, 0.717) is 17.8 Å². The molecule has 1 aromatic carbocycles. The number of anilines is 1. The molecule has 0 amide bonds. The zero-order chi connectivity index (χ0) is 13.4. The smallest absolute Gasteiger partial charge is 0.170 e. The lowest BCUT2D eigenvalue weighted by atomic mass is 10.2. The largest absolute Gasteiger partial charge is 0.494 e. The summed E-state index contributed by atoms with van der Waals surface area (Å²) >= 11 is 5.27. The number of hydrogen-bond donors (Lipinski definition) is 2. The maximum Gasteiger partial charge on any atom is 0.170 e. The van der Waals surface area contributed by atoms with Gasteiger partial charge in [0, 0.05) is 17.8 Å². The molecule has 0 aliphatic heterocycles. The normalized spacial score (nSPS) is 11.7. The van der Waals surface area contributed by atoms with Gasteiger partial charge in [-0.25, -0.2) is 0 Å². The number of rotatable bonds is 6. The molecule has 0 bridgehead atoms. The van der Waals surface area contributed by atoms with E-state index in [4.69, 9.17) is 17.0 Å². The average Bonchev–Trinajstić information content (AvgIpc) is 2.29. The van der Waals surface area contributed by atoms with E-state index in [2.05, 4.69) is 24.5 Å². The third kappa shape index (κ3) is 5.36. The number of benzene rings is 1. The molecule has 0 aromatic heterocycles. The van der Waals surface area contributed by atoms with Crippen LogP contribution in [0.1, 0.15) is 33.6 Å². The van der Waals surface area contributed by atoms with Crippen molar-refractivity contribution >= 4 is 23.0 Å². The van der Waals surface area contributed by atoms with Crippen molar-refractivity contribution in [3.8, 4) is 5.75 Å². The molecule has 3 nitrogen and oxygen atoms in total. The molecule has 0 saturated heterocycles. The van der Waals surface area contributed by atoms with Crippen molar-refractivity contribution in [3.63, 3.8) is 0 Å². The first kappa shape index (κ1) is 14.8. The highest BCUT2D eigenvalue weighted by molar-refractivity contribution is 7.80. The summed E-state index contributed by atoms with van der Waals surface area (Å²) in [5.74, 6) is 0.854. The lowest BCUT2D eigenvalue weighted by Gasteiger charge is -2.16. The lowest BCUT2D eigenvalue weighted by Crippen LogP contribution is -2.35. The first-order valence-corrected chi connectivity index (χ1v) is 6.87. The standard InChI is InChI=1S/C14H22N2OS/c1-4-7-11(3)15-14(18)16-12-8-6-9-13(10-12)17-5-2/h6,8-11H,4-5,7H2,1-3H3,(H2,15,16,18)/t11-/m1/s1. The van der Waals surface area contributed by atoms with E-state index >= 15 is 0 Å². The molecule has 1 rings (SSSR count). The van der Waals surface area contributed by atoms with Crippen LogP contribution in [-0.2, 0) is 0 Å². The van der Waals surface area contributed by atoms with Crippen LogP contribution in [0.4, 0.5) is 5.69 Å². The minimum atomic E-state index is 0.394. The van der Waals surface area contributed by atoms with E-state index in [1.54, 1.807) is 0 Å². The summed E-state index contributed by atoms with van der Waals surface area (Å²) in [5, 5.41) is 7.09. The third-order valence-electron chi connectivity index (χ3n) is 2.50. The van der Waals surface area contributed by atoms with Crippen LogP contribution in [0.15, 0.2) is 24.3 Å². The molecule has 0 radical (unpaired) electrons. The Morgan fingerprint density at radius 2 is 2.17 bits per heavy atom. The fourth-order valence-electron chi connectivity index (χ4n) is 1.73. The van der Waals surface area contributed by atoms with Gasteiger partial charge in [-0.15, -0.1) is 0 Å². The quantitative estimate of drug-likeness (QED) is 0.771. The van der Waals surface area contributed by atoms with Crippen LogP contribution in [0.2, 0.25) is 0 Å². The van der Waals surface area contributed by atoms with Crippen LogP contribution in [0.3, 0.4) is 0 Å². The van der Waals surface area contributed by atoms with Gasteiger partial charge in [-0.3, -0.25) is 0 Å². The van der Waals surface area contributed by atoms with Crippen LogP contribution in [0, 0.1) is 0 Å². The van der Waals surface area contributed by atoms with Crippen molar-refractivity contribution in [2.45, 2.75) is 39.7 Å². The molecule has 0 aliphatic rings. The fraction of sp³-hybridized carbons (Fsp3) is 0.500. The molecule has 0 unspecified atom stereocenters. The first-order chi connectivity index (χ1) is 8.65. The number of hydrogen-bond acceptors (Lipinski definition) is 2. The van der Waals surface area contributed by atoms with Crippen LogP contribution in [0.25, 0.3) is 0 Å². The Labute approximate surface area is 115 Å². The molecule has 1 atom stereocenters. The van der Waals surface area contributed by atoms with Gasteiger partial charge < -0.3 is 15.4 Å².